The van der Waals surface area contributed by atoms with E-state index in [9.17, 15) is 21.6 Å². The van der Waals surface area contributed by atoms with E-state index in [2.05, 4.69) is 9.46 Å². The molecular formula is C12H17F3N2O3S. The number of hydrogen-bond donors (Lipinski definition) is 2. The third-order valence-electron chi connectivity index (χ3n) is 2.75. The number of nitrogen functional groups attached to an aromatic ring is 1. The Hall–Kier alpha value is -1.32. The molecule has 21 heavy (non-hydrogen) atoms. The van der Waals surface area contributed by atoms with Crippen molar-refractivity contribution in [1.29, 1.82) is 0 Å². The van der Waals surface area contributed by atoms with Crippen molar-refractivity contribution in [2.45, 2.75) is 25.2 Å². The van der Waals surface area contributed by atoms with Crippen LogP contribution in [0.1, 0.15) is 11.1 Å². The minimum absolute atomic E-state index is 0.105. The maximum Gasteiger partial charge on any atom is 0.261 e. The zero-order valence-corrected chi connectivity index (χ0v) is 12.4. The van der Waals surface area contributed by atoms with E-state index in [1.54, 1.807) is 0 Å². The summed E-state index contributed by atoms with van der Waals surface area (Å²) in [5, 5.41) is 0. The zero-order valence-electron chi connectivity index (χ0n) is 11.6. The number of aryl methyl sites for hydroxylation is 1. The summed E-state index contributed by atoms with van der Waals surface area (Å²) in [4.78, 5) is -0.116. The first-order valence-corrected chi connectivity index (χ1v) is 7.56. The fraction of sp³-hybridized carbons (Fsp3) is 0.500. The fourth-order valence-electron chi connectivity index (χ4n) is 1.84. The molecule has 1 aromatic rings. The Morgan fingerprint density at radius 1 is 1.38 bits per heavy atom. The number of ether oxygens (including phenoxy) is 1. The third-order valence-corrected chi connectivity index (χ3v) is 4.50. The second kappa shape index (κ2) is 7.10. The molecule has 0 aliphatic rings. The van der Waals surface area contributed by atoms with Crippen molar-refractivity contribution in [3.63, 3.8) is 0 Å². The summed E-state index contributed by atoms with van der Waals surface area (Å²) in [6, 6.07) is 1.03. The third kappa shape index (κ3) is 4.58. The highest BCUT2D eigenvalue weighted by atomic mass is 32.2. The van der Waals surface area contributed by atoms with E-state index < -0.39 is 28.9 Å². The summed E-state index contributed by atoms with van der Waals surface area (Å²) in [5.74, 6) is -0.691. The highest BCUT2D eigenvalue weighted by Crippen LogP contribution is 2.27. The van der Waals surface area contributed by atoms with Gasteiger partial charge >= 0.3 is 0 Å². The summed E-state index contributed by atoms with van der Waals surface area (Å²) in [7, 11) is -3.93. The number of halogens is 3. The molecule has 3 N–H and O–H groups in total. The highest BCUT2D eigenvalue weighted by Gasteiger charge is 2.22. The van der Waals surface area contributed by atoms with Crippen LogP contribution in [0, 0.1) is 19.7 Å². The number of anilines is 1. The number of alkyl halides is 2. The molecule has 0 aliphatic heterocycles. The van der Waals surface area contributed by atoms with E-state index in [0.717, 1.165) is 6.07 Å². The molecule has 0 spiro atoms. The standard InChI is InChI=1S/C12H17F3N2O3S/c1-7-5-9(13)11(16)8(2)12(7)21(18,19)17-3-4-20-6-10(14)15/h5,10,17H,3-4,6,16H2,1-2H3. The van der Waals surface area contributed by atoms with Crippen LogP contribution < -0.4 is 10.5 Å². The van der Waals surface area contributed by atoms with Gasteiger partial charge in [-0.25, -0.2) is 26.3 Å². The maximum atomic E-state index is 13.4. The second-order valence-electron chi connectivity index (χ2n) is 4.41. The van der Waals surface area contributed by atoms with Crippen LogP contribution in [0.25, 0.3) is 0 Å². The Bertz CT molecular complexity index is 606. The molecule has 0 saturated carbocycles. The maximum absolute atomic E-state index is 13.4. The smallest absolute Gasteiger partial charge is 0.261 e. The normalized spacial score (nSPS) is 12.1. The quantitative estimate of drug-likeness (QED) is 0.589. The Kier molecular flexibility index (Phi) is 5.99. The van der Waals surface area contributed by atoms with Crippen molar-refractivity contribution in [2.75, 3.05) is 25.5 Å². The fourth-order valence-corrected chi connectivity index (χ4v) is 3.33. The average Bonchev–Trinajstić information content (AvgIpc) is 2.34. The van der Waals surface area contributed by atoms with Crippen LogP contribution in [0.3, 0.4) is 0 Å². The van der Waals surface area contributed by atoms with Crippen molar-refractivity contribution in [3.05, 3.63) is 23.0 Å². The molecule has 0 aliphatic carbocycles. The number of benzene rings is 1. The van der Waals surface area contributed by atoms with Gasteiger partial charge in [-0.2, -0.15) is 0 Å². The first kappa shape index (κ1) is 17.7. The number of rotatable bonds is 7. The van der Waals surface area contributed by atoms with Crippen molar-refractivity contribution < 1.29 is 26.3 Å². The van der Waals surface area contributed by atoms with Crippen LogP contribution in [0.5, 0.6) is 0 Å². The van der Waals surface area contributed by atoms with E-state index in [0.29, 0.717) is 0 Å². The Labute approximate surface area is 121 Å². The predicted octanol–water partition coefficient (Wildman–Crippen LogP) is 1.58. The molecule has 120 valence electrons. The molecule has 0 radical (unpaired) electrons. The van der Waals surface area contributed by atoms with E-state index in [1.165, 1.54) is 13.8 Å². The topological polar surface area (TPSA) is 81.4 Å². The van der Waals surface area contributed by atoms with Gasteiger partial charge in [-0.1, -0.05) is 0 Å². The number of sulfonamides is 1. The first-order valence-electron chi connectivity index (χ1n) is 6.07. The van der Waals surface area contributed by atoms with Gasteiger partial charge in [0.15, 0.2) is 0 Å². The molecule has 0 atom stereocenters. The van der Waals surface area contributed by atoms with Gasteiger partial charge in [0.05, 0.1) is 17.2 Å². The SMILES string of the molecule is Cc1cc(F)c(N)c(C)c1S(=O)(=O)NCCOCC(F)F. The van der Waals surface area contributed by atoms with E-state index in [4.69, 9.17) is 5.73 Å². The second-order valence-corrected chi connectivity index (χ2v) is 6.11. The molecule has 0 saturated heterocycles. The number of nitrogens with two attached hydrogens (primary N) is 1. The largest absolute Gasteiger partial charge is 0.396 e. The van der Waals surface area contributed by atoms with Crippen LogP contribution in [-0.4, -0.2) is 34.6 Å². The molecule has 0 amide bonds. The van der Waals surface area contributed by atoms with Gasteiger partial charge in [0.1, 0.15) is 12.4 Å². The van der Waals surface area contributed by atoms with Crippen LogP contribution in [0.15, 0.2) is 11.0 Å². The predicted molar refractivity (Wildman–Crippen MR) is 72.3 cm³/mol. The summed E-state index contributed by atoms with van der Waals surface area (Å²) in [6.45, 7) is 1.71. The summed E-state index contributed by atoms with van der Waals surface area (Å²) < 4.78 is 68.1. The van der Waals surface area contributed by atoms with Gasteiger partial charge in [-0.05, 0) is 31.0 Å². The number of hydrogen-bond acceptors (Lipinski definition) is 4. The van der Waals surface area contributed by atoms with Gasteiger partial charge in [-0.3, -0.25) is 0 Å². The van der Waals surface area contributed by atoms with Crippen LogP contribution >= 0.6 is 0 Å². The lowest BCUT2D eigenvalue weighted by molar-refractivity contribution is 0.0199. The van der Waals surface area contributed by atoms with Crippen LogP contribution in [0.4, 0.5) is 18.9 Å². The van der Waals surface area contributed by atoms with Crippen molar-refractivity contribution in [1.82, 2.24) is 4.72 Å². The van der Waals surface area contributed by atoms with Gasteiger partial charge in [0.25, 0.3) is 6.43 Å². The van der Waals surface area contributed by atoms with Crippen molar-refractivity contribution >= 4 is 15.7 Å². The Balaban J connectivity index is 2.82. The summed E-state index contributed by atoms with van der Waals surface area (Å²) in [6.07, 6.45) is -2.61. The molecule has 0 heterocycles. The van der Waals surface area contributed by atoms with Gasteiger partial charge < -0.3 is 10.5 Å². The summed E-state index contributed by atoms with van der Waals surface area (Å²) in [5.41, 5.74) is 5.56. The molecule has 0 fully saturated rings. The molecular weight excluding hydrogens is 309 g/mol. The zero-order chi connectivity index (χ0) is 16.2. The Morgan fingerprint density at radius 3 is 2.57 bits per heavy atom. The minimum Gasteiger partial charge on any atom is -0.396 e. The molecule has 0 aromatic heterocycles. The molecule has 5 nitrogen and oxygen atoms in total. The first-order chi connectivity index (χ1) is 9.66. The van der Waals surface area contributed by atoms with Gasteiger partial charge in [-0.15, -0.1) is 0 Å². The lowest BCUT2D eigenvalue weighted by Crippen LogP contribution is -2.29. The highest BCUT2D eigenvalue weighted by molar-refractivity contribution is 7.89. The molecule has 1 rings (SSSR count). The molecule has 9 heteroatoms. The molecule has 0 unspecified atom stereocenters. The number of nitrogens with one attached hydrogen (secondary N) is 1. The summed E-state index contributed by atoms with van der Waals surface area (Å²) >= 11 is 0. The minimum atomic E-state index is -3.93. The molecule has 1 aromatic carbocycles. The lowest BCUT2D eigenvalue weighted by Gasteiger charge is -2.14. The lowest BCUT2D eigenvalue weighted by atomic mass is 10.1. The van der Waals surface area contributed by atoms with Crippen molar-refractivity contribution in [3.8, 4) is 0 Å². The van der Waals surface area contributed by atoms with Crippen LogP contribution in [0.2, 0.25) is 0 Å². The van der Waals surface area contributed by atoms with E-state index in [-0.39, 0.29) is 34.9 Å². The average molecular weight is 326 g/mol. The van der Waals surface area contributed by atoms with E-state index >= 15 is 0 Å². The molecule has 0 bridgehead atoms. The van der Waals surface area contributed by atoms with Gasteiger partial charge in [0, 0.05) is 6.54 Å². The monoisotopic (exact) mass is 326 g/mol. The van der Waals surface area contributed by atoms with Crippen molar-refractivity contribution in [2.24, 2.45) is 0 Å². The van der Waals surface area contributed by atoms with Gasteiger partial charge in [0.2, 0.25) is 10.0 Å². The Morgan fingerprint density at radius 2 is 2.00 bits per heavy atom. The van der Waals surface area contributed by atoms with Crippen LogP contribution in [-0.2, 0) is 14.8 Å². The van der Waals surface area contributed by atoms with E-state index in [1.807, 2.05) is 0 Å².